The Bertz CT molecular complexity index is 853. The quantitative estimate of drug-likeness (QED) is 0.263. The summed E-state index contributed by atoms with van der Waals surface area (Å²) in [6.07, 6.45) is 5.98. The molecule has 0 aliphatic carbocycles. The molecule has 2 bridgehead atoms. The predicted molar refractivity (Wildman–Crippen MR) is 139 cm³/mol. The van der Waals surface area contributed by atoms with Gasteiger partial charge in [0.15, 0.2) is 0 Å². The highest BCUT2D eigenvalue weighted by atomic mass is 32.2. The van der Waals surface area contributed by atoms with E-state index in [1.54, 1.807) is 33.7 Å². The number of amides is 2. The van der Waals surface area contributed by atoms with Crippen LogP contribution in [0, 0.1) is 17.8 Å². The molecule has 2 amide bonds. The molecule has 35 heavy (non-hydrogen) atoms. The molecule has 3 saturated heterocycles. The summed E-state index contributed by atoms with van der Waals surface area (Å²) in [6, 6.07) is -1.23. The van der Waals surface area contributed by atoms with Crippen molar-refractivity contribution in [2.75, 3.05) is 19.8 Å². The predicted octanol–water partition coefficient (Wildman–Crippen LogP) is 3.42. The number of ether oxygens (including phenoxy) is 1. The van der Waals surface area contributed by atoms with Crippen molar-refractivity contribution in [2.24, 2.45) is 17.8 Å². The molecule has 8 heteroatoms. The van der Waals surface area contributed by atoms with Crippen LogP contribution in [0.2, 0.25) is 0 Å². The zero-order valence-electron chi connectivity index (χ0n) is 21.9. The van der Waals surface area contributed by atoms with Crippen LogP contribution in [0.15, 0.2) is 25.3 Å². The monoisotopic (exact) mass is 506 g/mol. The molecule has 1 spiro atoms. The molecule has 3 aliphatic rings. The Hall–Kier alpha value is -1.80. The summed E-state index contributed by atoms with van der Waals surface area (Å²) < 4.78 is 4.84. The van der Waals surface area contributed by atoms with Gasteiger partial charge in [0.1, 0.15) is 6.04 Å². The van der Waals surface area contributed by atoms with Crippen LogP contribution in [0.3, 0.4) is 0 Å². The van der Waals surface area contributed by atoms with Gasteiger partial charge in [0.2, 0.25) is 11.8 Å². The van der Waals surface area contributed by atoms with E-state index in [-0.39, 0.29) is 42.2 Å². The van der Waals surface area contributed by atoms with Crippen LogP contribution in [-0.4, -0.2) is 80.1 Å². The van der Waals surface area contributed by atoms with Gasteiger partial charge in [0.25, 0.3) is 0 Å². The smallest absolute Gasteiger partial charge is 0.310 e. The van der Waals surface area contributed by atoms with Crippen molar-refractivity contribution < 1.29 is 24.2 Å². The normalized spacial score (nSPS) is 30.4. The number of aliphatic hydroxyl groups is 1. The molecule has 3 aliphatic heterocycles. The number of likely N-dealkylation sites (tertiary alicyclic amines) is 1. The van der Waals surface area contributed by atoms with Crippen LogP contribution in [0.1, 0.15) is 60.3 Å². The first-order valence-electron chi connectivity index (χ1n) is 12.7. The molecule has 0 aromatic carbocycles. The molecular formula is C27H42N2O5S. The molecule has 0 saturated carbocycles. The maximum absolute atomic E-state index is 14.3. The van der Waals surface area contributed by atoms with E-state index in [1.165, 1.54) is 0 Å². The van der Waals surface area contributed by atoms with Crippen molar-refractivity contribution >= 4 is 29.5 Å². The zero-order valence-corrected chi connectivity index (χ0v) is 22.7. The van der Waals surface area contributed by atoms with Crippen molar-refractivity contribution in [1.29, 1.82) is 0 Å². The molecule has 3 heterocycles. The van der Waals surface area contributed by atoms with E-state index in [2.05, 4.69) is 13.2 Å². The molecule has 6 atom stereocenters. The van der Waals surface area contributed by atoms with Gasteiger partial charge in [-0.2, -0.15) is 0 Å². The van der Waals surface area contributed by atoms with Gasteiger partial charge in [-0.25, -0.2) is 0 Å². The Labute approximate surface area is 214 Å². The lowest BCUT2D eigenvalue weighted by atomic mass is 9.71. The second-order valence-corrected chi connectivity index (χ2v) is 13.0. The molecule has 0 aromatic rings. The standard InChI is InChI=1S/C27H42N2O5S/c1-8-10-14-34-25(33)20-19-11-12-27(35-19)21(20)23(31)29(18(16-30)15-17(3)4)22(27)24(32)28(13-9-2)26(5,6)7/h8-9,17-22,30H,1-2,10-16H2,3-7H3/t18-,19-,20+,21+,22?,27?/m1/s1. The summed E-state index contributed by atoms with van der Waals surface area (Å²) in [5.41, 5.74) is -0.480. The van der Waals surface area contributed by atoms with Gasteiger partial charge in [0.05, 0.1) is 35.8 Å². The van der Waals surface area contributed by atoms with Gasteiger partial charge in [0, 0.05) is 17.3 Å². The van der Waals surface area contributed by atoms with Gasteiger partial charge in [-0.1, -0.05) is 26.0 Å². The van der Waals surface area contributed by atoms with E-state index in [0.29, 0.717) is 25.8 Å². The van der Waals surface area contributed by atoms with E-state index in [0.717, 1.165) is 6.42 Å². The number of thioether (sulfide) groups is 1. The summed E-state index contributed by atoms with van der Waals surface area (Å²) in [4.78, 5) is 45.1. The largest absolute Gasteiger partial charge is 0.465 e. The minimum absolute atomic E-state index is 0.0437. The molecule has 0 aromatic heterocycles. The molecule has 2 unspecified atom stereocenters. The summed E-state index contributed by atoms with van der Waals surface area (Å²) in [6.45, 7) is 17.9. The SMILES string of the molecule is C=CCCOC(=O)[C@@H]1[C@H]2C(=O)N([C@@H](CO)CC(C)C)C(C(=O)N(CC=C)C(C)(C)C)C23CC[C@H]1S3. The van der Waals surface area contributed by atoms with E-state index < -0.39 is 34.2 Å². The highest BCUT2D eigenvalue weighted by Crippen LogP contribution is 2.67. The molecule has 3 fully saturated rings. The van der Waals surface area contributed by atoms with E-state index in [1.807, 2.05) is 34.6 Å². The Morgan fingerprint density at radius 1 is 1.31 bits per heavy atom. The van der Waals surface area contributed by atoms with Crippen LogP contribution in [-0.2, 0) is 19.1 Å². The number of rotatable bonds is 11. The average molecular weight is 507 g/mol. The minimum Gasteiger partial charge on any atom is -0.465 e. The fraction of sp³-hybridized carbons (Fsp3) is 0.741. The summed E-state index contributed by atoms with van der Waals surface area (Å²) in [5.74, 6) is -1.67. The second-order valence-electron chi connectivity index (χ2n) is 11.4. The topological polar surface area (TPSA) is 87.1 Å². The molecule has 0 radical (unpaired) electrons. The first-order valence-corrected chi connectivity index (χ1v) is 13.6. The third-order valence-corrected chi connectivity index (χ3v) is 9.50. The van der Waals surface area contributed by atoms with Crippen molar-refractivity contribution in [3.8, 4) is 0 Å². The summed E-state index contributed by atoms with van der Waals surface area (Å²) in [7, 11) is 0. The first-order chi connectivity index (χ1) is 16.4. The molecule has 7 nitrogen and oxygen atoms in total. The van der Waals surface area contributed by atoms with E-state index in [4.69, 9.17) is 4.74 Å². The molecule has 196 valence electrons. The fourth-order valence-corrected chi connectivity index (χ4v) is 8.35. The minimum atomic E-state index is -0.740. The molecular weight excluding hydrogens is 464 g/mol. The van der Waals surface area contributed by atoms with Crippen molar-refractivity contribution in [3.63, 3.8) is 0 Å². The highest BCUT2D eigenvalue weighted by molar-refractivity contribution is 8.02. The molecule has 1 N–H and O–H groups in total. The van der Waals surface area contributed by atoms with Crippen molar-refractivity contribution in [2.45, 2.75) is 87.9 Å². The number of esters is 1. The number of hydrogen-bond donors (Lipinski definition) is 1. The van der Waals surface area contributed by atoms with Gasteiger partial charge in [-0.15, -0.1) is 24.9 Å². The van der Waals surface area contributed by atoms with Crippen LogP contribution < -0.4 is 0 Å². The lowest BCUT2D eigenvalue weighted by molar-refractivity contribution is -0.154. The van der Waals surface area contributed by atoms with Gasteiger partial charge >= 0.3 is 5.97 Å². The van der Waals surface area contributed by atoms with Gasteiger partial charge < -0.3 is 19.6 Å². The van der Waals surface area contributed by atoms with E-state index >= 15 is 0 Å². The van der Waals surface area contributed by atoms with Crippen LogP contribution in [0.5, 0.6) is 0 Å². The number of aliphatic hydroxyl groups excluding tert-OH is 1. The van der Waals surface area contributed by atoms with Crippen molar-refractivity contribution in [3.05, 3.63) is 25.3 Å². The average Bonchev–Trinajstić information content (AvgIpc) is 3.42. The Kier molecular flexibility index (Phi) is 8.47. The lowest BCUT2D eigenvalue weighted by Crippen LogP contribution is -2.60. The number of nitrogens with zero attached hydrogens (tertiary/aromatic N) is 2. The Morgan fingerprint density at radius 2 is 2.00 bits per heavy atom. The van der Waals surface area contributed by atoms with Crippen LogP contribution >= 0.6 is 11.8 Å². The van der Waals surface area contributed by atoms with Gasteiger partial charge in [-0.05, 0) is 52.4 Å². The molecule has 3 rings (SSSR count). The lowest BCUT2D eigenvalue weighted by Gasteiger charge is -2.43. The Morgan fingerprint density at radius 3 is 2.54 bits per heavy atom. The maximum atomic E-state index is 14.3. The Balaban J connectivity index is 2.08. The van der Waals surface area contributed by atoms with Gasteiger partial charge in [-0.3, -0.25) is 14.4 Å². The van der Waals surface area contributed by atoms with Crippen LogP contribution in [0.4, 0.5) is 0 Å². The third-order valence-electron chi connectivity index (χ3n) is 7.55. The highest BCUT2D eigenvalue weighted by Gasteiger charge is 2.75. The second kappa shape index (κ2) is 10.7. The number of fused-ring (bicyclic) bond motifs is 1. The maximum Gasteiger partial charge on any atom is 0.310 e. The fourth-order valence-electron chi connectivity index (χ4n) is 6.16. The third kappa shape index (κ3) is 4.93. The first kappa shape index (κ1) is 27.8. The summed E-state index contributed by atoms with van der Waals surface area (Å²) in [5, 5.41) is 10.3. The van der Waals surface area contributed by atoms with Crippen molar-refractivity contribution in [1.82, 2.24) is 9.80 Å². The van der Waals surface area contributed by atoms with Crippen LogP contribution in [0.25, 0.3) is 0 Å². The summed E-state index contributed by atoms with van der Waals surface area (Å²) >= 11 is 1.62. The number of hydrogen-bond acceptors (Lipinski definition) is 6. The zero-order chi connectivity index (χ0) is 26.1. The van der Waals surface area contributed by atoms with E-state index in [9.17, 15) is 19.5 Å². The number of carbonyl (C=O) groups is 3. The number of carbonyl (C=O) groups excluding carboxylic acids is 3.